The molecule has 1 atom stereocenters. The maximum atomic E-state index is 11.2. The van der Waals surface area contributed by atoms with Crippen LogP contribution >= 0.6 is 15.9 Å². The number of rotatable bonds is 2. The van der Waals surface area contributed by atoms with Crippen LogP contribution in [0.3, 0.4) is 0 Å². The topological polar surface area (TPSA) is 20.3 Å². The number of carbonyl (C=O) groups excluding carboxylic acids is 1. The third kappa shape index (κ3) is 2.71. The van der Waals surface area contributed by atoms with Crippen LogP contribution in [0.1, 0.15) is 31.4 Å². The van der Waals surface area contributed by atoms with Gasteiger partial charge in [0.15, 0.2) is 0 Å². The summed E-state index contributed by atoms with van der Waals surface area (Å²) in [5.74, 6) is 0.401. The van der Waals surface area contributed by atoms with Crippen LogP contribution in [0.2, 0.25) is 0 Å². The molecular weight excluding hydrogens is 266 g/mol. The Morgan fingerprint density at radius 1 is 1.31 bits per heavy atom. The number of nitrogens with zero attached hydrogens (tertiary/aromatic N) is 1. The number of piperidine rings is 1. The van der Waals surface area contributed by atoms with Gasteiger partial charge in [0, 0.05) is 36.4 Å². The summed E-state index contributed by atoms with van der Waals surface area (Å²) in [5, 5.41) is 0. The van der Waals surface area contributed by atoms with Crippen LogP contribution in [-0.2, 0) is 4.79 Å². The predicted octanol–water partition coefficient (Wildman–Crippen LogP) is 3.18. The predicted molar refractivity (Wildman–Crippen MR) is 68.4 cm³/mol. The molecule has 1 aromatic rings. The van der Waals surface area contributed by atoms with Crippen molar-refractivity contribution in [2.75, 3.05) is 13.1 Å². The molecule has 1 aliphatic heterocycles. The van der Waals surface area contributed by atoms with Crippen molar-refractivity contribution < 1.29 is 4.79 Å². The van der Waals surface area contributed by atoms with Gasteiger partial charge in [-0.2, -0.15) is 0 Å². The molecule has 0 saturated carbocycles. The molecule has 1 saturated heterocycles. The Morgan fingerprint density at radius 3 is 2.62 bits per heavy atom. The summed E-state index contributed by atoms with van der Waals surface area (Å²) in [6.45, 7) is 4.00. The van der Waals surface area contributed by atoms with Crippen molar-refractivity contribution in [1.29, 1.82) is 0 Å². The minimum Gasteiger partial charge on any atom is -0.300 e. The van der Waals surface area contributed by atoms with Crippen molar-refractivity contribution in [1.82, 2.24) is 4.90 Å². The van der Waals surface area contributed by atoms with Crippen LogP contribution in [-0.4, -0.2) is 23.8 Å². The third-order valence-electron chi connectivity index (χ3n) is 3.23. The SMILES string of the molecule is C[C@@H](c1cccc(Br)c1)N1CCC(=O)CC1. The van der Waals surface area contributed by atoms with Gasteiger partial charge in [-0.1, -0.05) is 28.1 Å². The summed E-state index contributed by atoms with van der Waals surface area (Å²) in [6, 6.07) is 8.79. The maximum absolute atomic E-state index is 11.2. The van der Waals surface area contributed by atoms with Gasteiger partial charge in [-0.05, 0) is 24.6 Å². The highest BCUT2D eigenvalue weighted by molar-refractivity contribution is 9.10. The first-order valence-electron chi connectivity index (χ1n) is 5.68. The van der Waals surface area contributed by atoms with Crippen LogP contribution in [0.15, 0.2) is 28.7 Å². The average molecular weight is 282 g/mol. The fourth-order valence-corrected chi connectivity index (χ4v) is 2.55. The monoisotopic (exact) mass is 281 g/mol. The zero-order valence-electron chi connectivity index (χ0n) is 9.45. The molecule has 1 aliphatic rings. The fourth-order valence-electron chi connectivity index (χ4n) is 2.14. The molecule has 1 fully saturated rings. The first-order valence-corrected chi connectivity index (χ1v) is 6.47. The van der Waals surface area contributed by atoms with Crippen molar-refractivity contribution in [3.63, 3.8) is 0 Å². The molecular formula is C13H16BrNO. The van der Waals surface area contributed by atoms with E-state index in [1.807, 2.05) is 6.07 Å². The number of hydrogen-bond donors (Lipinski definition) is 0. The van der Waals surface area contributed by atoms with Crippen molar-refractivity contribution in [2.24, 2.45) is 0 Å². The highest BCUT2D eigenvalue weighted by Gasteiger charge is 2.21. The lowest BCUT2D eigenvalue weighted by Gasteiger charge is -2.32. The van der Waals surface area contributed by atoms with Gasteiger partial charge in [-0.3, -0.25) is 9.69 Å². The molecule has 0 radical (unpaired) electrons. The normalized spacial score (nSPS) is 19.8. The average Bonchev–Trinajstić information content (AvgIpc) is 2.29. The van der Waals surface area contributed by atoms with Crippen LogP contribution in [0, 0.1) is 0 Å². The summed E-state index contributed by atoms with van der Waals surface area (Å²) < 4.78 is 1.12. The summed E-state index contributed by atoms with van der Waals surface area (Å²) >= 11 is 3.49. The largest absolute Gasteiger partial charge is 0.300 e. The molecule has 0 N–H and O–H groups in total. The molecule has 0 spiro atoms. The van der Waals surface area contributed by atoms with Crippen LogP contribution in [0.25, 0.3) is 0 Å². The van der Waals surface area contributed by atoms with Crippen molar-refractivity contribution in [2.45, 2.75) is 25.8 Å². The Labute approximate surface area is 105 Å². The number of hydrogen-bond acceptors (Lipinski definition) is 2. The van der Waals surface area contributed by atoms with Crippen LogP contribution < -0.4 is 0 Å². The van der Waals surface area contributed by atoms with Gasteiger partial charge in [0.25, 0.3) is 0 Å². The molecule has 16 heavy (non-hydrogen) atoms. The van der Waals surface area contributed by atoms with E-state index in [4.69, 9.17) is 0 Å². The Kier molecular flexibility index (Phi) is 3.77. The Hall–Kier alpha value is -0.670. The highest BCUT2D eigenvalue weighted by atomic mass is 79.9. The molecule has 0 aliphatic carbocycles. The maximum Gasteiger partial charge on any atom is 0.135 e. The standard InChI is InChI=1S/C13H16BrNO/c1-10(11-3-2-4-12(14)9-11)15-7-5-13(16)6-8-15/h2-4,9-10H,5-8H2,1H3/t10-/m0/s1. The van der Waals surface area contributed by atoms with E-state index in [0.717, 1.165) is 17.6 Å². The third-order valence-corrected chi connectivity index (χ3v) is 3.73. The lowest BCUT2D eigenvalue weighted by Crippen LogP contribution is -2.35. The number of likely N-dealkylation sites (tertiary alicyclic amines) is 1. The number of halogens is 1. The lowest BCUT2D eigenvalue weighted by molar-refractivity contribution is -0.121. The molecule has 0 bridgehead atoms. The van der Waals surface area contributed by atoms with E-state index in [9.17, 15) is 4.79 Å². The van der Waals surface area contributed by atoms with Gasteiger partial charge < -0.3 is 0 Å². The smallest absolute Gasteiger partial charge is 0.135 e. The molecule has 0 amide bonds. The van der Waals surface area contributed by atoms with Gasteiger partial charge in [-0.15, -0.1) is 0 Å². The molecule has 86 valence electrons. The number of Topliss-reactive ketones (excluding diaryl/α,β-unsaturated/α-hetero) is 1. The van der Waals surface area contributed by atoms with E-state index in [0.29, 0.717) is 24.7 Å². The van der Waals surface area contributed by atoms with Crippen molar-refractivity contribution >= 4 is 21.7 Å². The van der Waals surface area contributed by atoms with Gasteiger partial charge in [-0.25, -0.2) is 0 Å². The number of ketones is 1. The summed E-state index contributed by atoms with van der Waals surface area (Å²) in [7, 11) is 0. The van der Waals surface area contributed by atoms with E-state index in [1.54, 1.807) is 0 Å². The minimum atomic E-state index is 0.394. The zero-order chi connectivity index (χ0) is 11.5. The second-order valence-electron chi connectivity index (χ2n) is 4.31. The van der Waals surface area contributed by atoms with Crippen molar-refractivity contribution in [3.05, 3.63) is 34.3 Å². The Balaban J connectivity index is 2.07. The van der Waals surface area contributed by atoms with E-state index in [1.165, 1.54) is 5.56 Å². The molecule has 1 aromatic carbocycles. The molecule has 3 heteroatoms. The molecule has 2 nitrogen and oxygen atoms in total. The molecule has 2 rings (SSSR count). The fraction of sp³-hybridized carbons (Fsp3) is 0.462. The second-order valence-corrected chi connectivity index (χ2v) is 5.22. The van der Waals surface area contributed by atoms with Gasteiger partial charge >= 0.3 is 0 Å². The van der Waals surface area contributed by atoms with Gasteiger partial charge in [0.2, 0.25) is 0 Å². The van der Waals surface area contributed by atoms with Crippen LogP contribution in [0.5, 0.6) is 0 Å². The molecule has 0 aromatic heterocycles. The minimum absolute atomic E-state index is 0.394. The zero-order valence-corrected chi connectivity index (χ0v) is 11.0. The summed E-state index contributed by atoms with van der Waals surface area (Å²) in [6.07, 6.45) is 1.41. The first-order chi connectivity index (χ1) is 7.66. The van der Waals surface area contributed by atoms with Crippen molar-refractivity contribution in [3.8, 4) is 0 Å². The first kappa shape index (κ1) is 11.8. The highest BCUT2D eigenvalue weighted by Crippen LogP contribution is 2.25. The lowest BCUT2D eigenvalue weighted by atomic mass is 10.0. The van der Waals surface area contributed by atoms with E-state index >= 15 is 0 Å². The summed E-state index contributed by atoms with van der Waals surface area (Å²) in [4.78, 5) is 13.6. The molecule has 0 unspecified atom stereocenters. The summed E-state index contributed by atoms with van der Waals surface area (Å²) in [5.41, 5.74) is 1.31. The van der Waals surface area contributed by atoms with E-state index in [-0.39, 0.29) is 0 Å². The molecule has 1 heterocycles. The number of carbonyl (C=O) groups is 1. The quantitative estimate of drug-likeness (QED) is 0.830. The number of benzene rings is 1. The Morgan fingerprint density at radius 2 is 2.00 bits per heavy atom. The van der Waals surface area contributed by atoms with Crippen LogP contribution in [0.4, 0.5) is 0 Å². The Bertz CT molecular complexity index is 381. The van der Waals surface area contributed by atoms with Gasteiger partial charge in [0.05, 0.1) is 0 Å². The van der Waals surface area contributed by atoms with E-state index in [2.05, 4.69) is 46.0 Å². The van der Waals surface area contributed by atoms with E-state index < -0.39 is 0 Å². The van der Waals surface area contributed by atoms with Gasteiger partial charge in [0.1, 0.15) is 5.78 Å². The second kappa shape index (κ2) is 5.11.